The van der Waals surface area contributed by atoms with Crippen LogP contribution in [-0.2, 0) is 0 Å². The lowest BCUT2D eigenvalue weighted by Gasteiger charge is -1.99. The SMILES string of the molecule is Oc1ccc(O)c(/C=N/Nc2ncccn2)c1. The van der Waals surface area contributed by atoms with Crippen molar-refractivity contribution in [1.82, 2.24) is 9.97 Å². The largest absolute Gasteiger partial charge is 0.508 e. The summed E-state index contributed by atoms with van der Waals surface area (Å²) in [5.74, 6) is 0.436. The van der Waals surface area contributed by atoms with Crippen LogP contribution in [0.3, 0.4) is 0 Å². The summed E-state index contributed by atoms with van der Waals surface area (Å²) >= 11 is 0. The van der Waals surface area contributed by atoms with Crippen molar-refractivity contribution in [3.8, 4) is 11.5 Å². The lowest BCUT2D eigenvalue weighted by molar-refractivity contribution is 0.459. The number of hydrazone groups is 1. The molecule has 0 atom stereocenters. The number of nitrogens with one attached hydrogen (secondary N) is 1. The van der Waals surface area contributed by atoms with Gasteiger partial charge in [0.25, 0.3) is 0 Å². The molecule has 2 aromatic rings. The van der Waals surface area contributed by atoms with E-state index in [0.717, 1.165) is 0 Å². The lowest BCUT2D eigenvalue weighted by atomic mass is 10.2. The molecule has 0 radical (unpaired) electrons. The van der Waals surface area contributed by atoms with E-state index in [1.54, 1.807) is 18.5 Å². The quantitative estimate of drug-likeness (QED) is 0.420. The van der Waals surface area contributed by atoms with Gasteiger partial charge in [0.2, 0.25) is 5.95 Å². The molecule has 3 N–H and O–H groups in total. The number of phenolic OH excluding ortho intramolecular Hbond substituents is 2. The summed E-state index contributed by atoms with van der Waals surface area (Å²) in [6, 6.07) is 5.86. The van der Waals surface area contributed by atoms with Crippen LogP contribution in [0.2, 0.25) is 0 Å². The van der Waals surface area contributed by atoms with Crippen molar-refractivity contribution in [2.45, 2.75) is 0 Å². The van der Waals surface area contributed by atoms with Crippen LogP contribution in [-0.4, -0.2) is 26.4 Å². The van der Waals surface area contributed by atoms with Gasteiger partial charge in [0.05, 0.1) is 6.21 Å². The Kier molecular flexibility index (Phi) is 3.15. The van der Waals surface area contributed by atoms with Gasteiger partial charge in [-0.25, -0.2) is 15.4 Å². The molecule has 6 heteroatoms. The molecule has 1 aromatic heterocycles. The van der Waals surface area contributed by atoms with Crippen LogP contribution in [0.5, 0.6) is 11.5 Å². The predicted molar refractivity (Wildman–Crippen MR) is 63.0 cm³/mol. The van der Waals surface area contributed by atoms with Crippen molar-refractivity contribution in [1.29, 1.82) is 0 Å². The van der Waals surface area contributed by atoms with Gasteiger partial charge in [0, 0.05) is 18.0 Å². The van der Waals surface area contributed by atoms with E-state index in [2.05, 4.69) is 20.5 Å². The molecular formula is C11H10N4O2. The van der Waals surface area contributed by atoms with Crippen molar-refractivity contribution >= 4 is 12.2 Å². The van der Waals surface area contributed by atoms with E-state index in [1.807, 2.05) is 0 Å². The minimum Gasteiger partial charge on any atom is -0.508 e. The highest BCUT2D eigenvalue weighted by molar-refractivity contribution is 5.84. The Morgan fingerprint density at radius 3 is 2.71 bits per heavy atom. The molecule has 86 valence electrons. The first kappa shape index (κ1) is 10.9. The van der Waals surface area contributed by atoms with Crippen LogP contribution in [0.1, 0.15) is 5.56 Å². The van der Waals surface area contributed by atoms with Gasteiger partial charge < -0.3 is 10.2 Å². The minimum atomic E-state index is 0.0299. The Hall–Kier alpha value is -2.63. The van der Waals surface area contributed by atoms with E-state index >= 15 is 0 Å². The number of benzene rings is 1. The summed E-state index contributed by atoms with van der Waals surface area (Å²) in [7, 11) is 0. The highest BCUT2D eigenvalue weighted by Crippen LogP contribution is 2.20. The van der Waals surface area contributed by atoms with E-state index in [0.29, 0.717) is 11.5 Å². The zero-order valence-electron chi connectivity index (χ0n) is 8.78. The molecule has 0 spiro atoms. The maximum atomic E-state index is 9.47. The molecule has 0 unspecified atom stereocenters. The van der Waals surface area contributed by atoms with Crippen LogP contribution >= 0.6 is 0 Å². The van der Waals surface area contributed by atoms with Crippen LogP contribution < -0.4 is 5.43 Å². The zero-order valence-corrected chi connectivity index (χ0v) is 8.78. The number of hydrogen-bond acceptors (Lipinski definition) is 6. The third kappa shape index (κ3) is 2.91. The van der Waals surface area contributed by atoms with E-state index in [9.17, 15) is 10.2 Å². The number of nitrogens with zero attached hydrogens (tertiary/aromatic N) is 3. The standard InChI is InChI=1S/C11H10N4O2/c16-9-2-3-10(17)8(6-9)7-14-15-11-12-4-1-5-13-11/h1-7,16-17H,(H,12,13,15)/b14-7+. The average Bonchev–Trinajstić information content (AvgIpc) is 2.35. The first-order valence-corrected chi connectivity index (χ1v) is 4.84. The second kappa shape index (κ2) is 4.93. The summed E-state index contributed by atoms with van der Waals surface area (Å²) in [6.07, 6.45) is 4.53. The molecule has 2 rings (SSSR count). The van der Waals surface area contributed by atoms with E-state index in [-0.39, 0.29) is 11.5 Å². The third-order valence-corrected chi connectivity index (χ3v) is 1.95. The number of rotatable bonds is 3. The summed E-state index contributed by atoms with van der Waals surface area (Å²) in [6.45, 7) is 0. The molecule has 0 bridgehead atoms. The fourth-order valence-corrected chi connectivity index (χ4v) is 1.16. The van der Waals surface area contributed by atoms with E-state index < -0.39 is 0 Å². The zero-order chi connectivity index (χ0) is 12.1. The Bertz CT molecular complexity index is 528. The fraction of sp³-hybridized carbons (Fsp3) is 0. The van der Waals surface area contributed by atoms with E-state index in [4.69, 9.17) is 0 Å². The van der Waals surface area contributed by atoms with Crippen LogP contribution in [0.4, 0.5) is 5.95 Å². The highest BCUT2D eigenvalue weighted by Gasteiger charge is 1.99. The van der Waals surface area contributed by atoms with Crippen molar-refractivity contribution in [3.05, 3.63) is 42.2 Å². The van der Waals surface area contributed by atoms with Crippen molar-refractivity contribution in [2.75, 3.05) is 5.43 Å². The minimum absolute atomic E-state index is 0.0299. The van der Waals surface area contributed by atoms with Gasteiger partial charge in [-0.2, -0.15) is 5.10 Å². The molecule has 0 fully saturated rings. The summed E-state index contributed by atoms with van der Waals surface area (Å²) in [5.41, 5.74) is 2.99. The summed E-state index contributed by atoms with van der Waals surface area (Å²) < 4.78 is 0. The Morgan fingerprint density at radius 2 is 1.94 bits per heavy atom. The molecule has 0 aliphatic carbocycles. The number of phenols is 2. The number of aromatic hydroxyl groups is 2. The normalized spacial score (nSPS) is 10.6. The monoisotopic (exact) mass is 230 g/mol. The average molecular weight is 230 g/mol. The first-order valence-electron chi connectivity index (χ1n) is 4.84. The van der Waals surface area contributed by atoms with Gasteiger partial charge >= 0.3 is 0 Å². The number of hydrogen-bond donors (Lipinski definition) is 3. The molecule has 1 aromatic carbocycles. The number of anilines is 1. The van der Waals surface area contributed by atoms with E-state index in [1.165, 1.54) is 24.4 Å². The smallest absolute Gasteiger partial charge is 0.243 e. The van der Waals surface area contributed by atoms with Gasteiger partial charge in [-0.3, -0.25) is 0 Å². The molecule has 6 nitrogen and oxygen atoms in total. The highest BCUT2D eigenvalue weighted by atomic mass is 16.3. The maximum absolute atomic E-state index is 9.47. The molecule has 0 saturated carbocycles. The summed E-state index contributed by atoms with van der Waals surface area (Å²) in [4.78, 5) is 7.80. The van der Waals surface area contributed by atoms with Crippen molar-refractivity contribution < 1.29 is 10.2 Å². The second-order valence-electron chi connectivity index (χ2n) is 3.19. The van der Waals surface area contributed by atoms with Gasteiger partial charge in [-0.15, -0.1) is 0 Å². The Morgan fingerprint density at radius 1 is 1.18 bits per heavy atom. The predicted octanol–water partition coefficient (Wildman–Crippen LogP) is 1.33. The number of aromatic nitrogens is 2. The summed E-state index contributed by atoms with van der Waals surface area (Å²) in [5, 5.41) is 22.5. The molecule has 0 aliphatic heterocycles. The van der Waals surface area contributed by atoms with Crippen LogP contribution in [0, 0.1) is 0 Å². The van der Waals surface area contributed by atoms with Gasteiger partial charge in [0.15, 0.2) is 0 Å². The molecular weight excluding hydrogens is 220 g/mol. The molecule has 0 aliphatic rings. The topological polar surface area (TPSA) is 90.6 Å². The van der Waals surface area contributed by atoms with Gasteiger partial charge in [-0.05, 0) is 24.3 Å². The molecule has 1 heterocycles. The molecule has 17 heavy (non-hydrogen) atoms. The fourth-order valence-electron chi connectivity index (χ4n) is 1.16. The van der Waals surface area contributed by atoms with Crippen molar-refractivity contribution in [2.24, 2.45) is 5.10 Å². The van der Waals surface area contributed by atoms with Crippen LogP contribution in [0.25, 0.3) is 0 Å². The van der Waals surface area contributed by atoms with Crippen LogP contribution in [0.15, 0.2) is 41.8 Å². The molecule has 0 saturated heterocycles. The Balaban J connectivity index is 2.08. The second-order valence-corrected chi connectivity index (χ2v) is 3.19. The third-order valence-electron chi connectivity index (χ3n) is 1.95. The lowest BCUT2D eigenvalue weighted by Crippen LogP contribution is -1.95. The van der Waals surface area contributed by atoms with Crippen molar-refractivity contribution in [3.63, 3.8) is 0 Å². The van der Waals surface area contributed by atoms with Gasteiger partial charge in [0.1, 0.15) is 11.5 Å². The first-order chi connectivity index (χ1) is 8.25. The van der Waals surface area contributed by atoms with Gasteiger partial charge in [-0.1, -0.05) is 0 Å². The molecule has 0 amide bonds. The Labute approximate surface area is 97.3 Å². The maximum Gasteiger partial charge on any atom is 0.243 e.